The first-order valence-electron chi connectivity index (χ1n) is 8.64. The van der Waals surface area contributed by atoms with E-state index in [4.69, 9.17) is 24.7 Å². The van der Waals surface area contributed by atoms with E-state index in [0.717, 1.165) is 4.57 Å². The first-order chi connectivity index (χ1) is 13.7. The number of ether oxygens (including phenoxy) is 4. The Balaban J connectivity index is 1.84. The molecule has 156 valence electrons. The highest BCUT2D eigenvalue weighted by Crippen LogP contribution is 2.56. The van der Waals surface area contributed by atoms with Crippen LogP contribution in [0.25, 0.3) is 10.3 Å². The average molecular weight is 426 g/mol. The molecular weight excluding hydrogens is 408 g/mol. The van der Waals surface area contributed by atoms with Crippen LogP contribution in [0.4, 0.5) is 5.95 Å². The Morgan fingerprint density at radius 2 is 2.00 bits per heavy atom. The third-order valence-corrected chi connectivity index (χ3v) is 5.84. The van der Waals surface area contributed by atoms with Gasteiger partial charge in [-0.3, -0.25) is 28.7 Å². The molecule has 0 radical (unpaired) electrons. The number of fused-ring (bicyclic) bond motifs is 1. The van der Waals surface area contributed by atoms with E-state index in [0.29, 0.717) is 17.8 Å². The van der Waals surface area contributed by atoms with Gasteiger partial charge in [0.05, 0.1) is 0 Å². The highest BCUT2D eigenvalue weighted by molar-refractivity contribution is 7.16. The second-order valence-corrected chi connectivity index (χ2v) is 7.80. The maximum absolute atomic E-state index is 12.7. The van der Waals surface area contributed by atoms with E-state index < -0.39 is 52.5 Å². The van der Waals surface area contributed by atoms with Crippen LogP contribution in [-0.2, 0) is 28.5 Å². The fraction of sp³-hybridized carbons (Fsp3) is 0.562. The number of hydrogen-bond donors (Lipinski definition) is 2. The summed E-state index contributed by atoms with van der Waals surface area (Å²) in [5.74, 6) is -1.31. The minimum Gasteiger partial charge on any atom is -0.459 e. The molecule has 1 saturated carbocycles. The standard InChI is InChI=1S/C16H18N4O8S/c1-5(21)26-7-4-16(7)10(25-3)8(27-6(2)22)13(28-16)20-11-9(29-15(20)24)12(23)19-14(17)18-11/h7-8,10,13H,4H2,1-3H3,(H3,17,18,19,23)/t7?,8-,10-,13-,16?/m1/s1. The van der Waals surface area contributed by atoms with Gasteiger partial charge in [0.1, 0.15) is 22.5 Å². The monoisotopic (exact) mass is 426 g/mol. The number of carbonyl (C=O) groups is 2. The molecule has 5 atom stereocenters. The smallest absolute Gasteiger partial charge is 0.311 e. The van der Waals surface area contributed by atoms with Crippen LogP contribution < -0.4 is 16.2 Å². The largest absolute Gasteiger partial charge is 0.459 e. The number of methoxy groups -OCH3 is 1. The van der Waals surface area contributed by atoms with Crippen LogP contribution in [0.2, 0.25) is 0 Å². The molecule has 0 aromatic carbocycles. The van der Waals surface area contributed by atoms with Crippen LogP contribution in [0, 0.1) is 0 Å². The molecule has 2 aromatic rings. The Kier molecular flexibility index (Phi) is 4.47. The Bertz CT molecular complexity index is 1120. The van der Waals surface area contributed by atoms with Gasteiger partial charge in [-0.05, 0) is 0 Å². The molecule has 1 aliphatic carbocycles. The number of nitrogen functional groups attached to an aromatic ring is 1. The number of esters is 2. The maximum Gasteiger partial charge on any atom is 0.311 e. The van der Waals surface area contributed by atoms with Crippen molar-refractivity contribution in [3.63, 3.8) is 0 Å². The predicted octanol–water partition coefficient (Wildman–Crippen LogP) is -0.722. The summed E-state index contributed by atoms with van der Waals surface area (Å²) < 4.78 is 23.5. The number of hydrogen-bond acceptors (Lipinski definition) is 11. The quantitative estimate of drug-likeness (QED) is 0.596. The first kappa shape index (κ1) is 19.5. The van der Waals surface area contributed by atoms with Crippen LogP contribution >= 0.6 is 11.3 Å². The number of anilines is 1. The van der Waals surface area contributed by atoms with Crippen LogP contribution in [-0.4, -0.2) is 57.5 Å². The third kappa shape index (κ3) is 3.01. The number of nitrogens with zero attached hydrogens (tertiary/aromatic N) is 2. The molecule has 4 rings (SSSR count). The van der Waals surface area contributed by atoms with Crippen molar-refractivity contribution in [2.45, 2.75) is 50.4 Å². The fourth-order valence-corrected chi connectivity index (χ4v) is 4.64. The molecule has 3 heterocycles. The summed E-state index contributed by atoms with van der Waals surface area (Å²) in [6.07, 6.45) is -3.35. The number of aromatic amines is 1. The molecule has 2 unspecified atom stereocenters. The molecule has 1 aliphatic heterocycles. The lowest BCUT2D eigenvalue weighted by Crippen LogP contribution is -2.40. The van der Waals surface area contributed by atoms with Crippen molar-refractivity contribution >= 4 is 39.6 Å². The van der Waals surface area contributed by atoms with E-state index in [-0.39, 0.29) is 16.3 Å². The lowest BCUT2D eigenvalue weighted by Gasteiger charge is -2.23. The van der Waals surface area contributed by atoms with Gasteiger partial charge < -0.3 is 24.7 Å². The van der Waals surface area contributed by atoms with E-state index in [2.05, 4.69) is 9.97 Å². The molecule has 1 saturated heterocycles. The summed E-state index contributed by atoms with van der Waals surface area (Å²) in [6.45, 7) is 2.47. The molecule has 1 spiro atoms. The topological polar surface area (TPSA) is 165 Å². The van der Waals surface area contributed by atoms with Crippen molar-refractivity contribution in [3.8, 4) is 0 Å². The first-order valence-corrected chi connectivity index (χ1v) is 9.45. The molecule has 0 amide bonds. The molecule has 29 heavy (non-hydrogen) atoms. The number of thiazole rings is 1. The fourth-order valence-electron chi connectivity index (χ4n) is 3.80. The molecule has 0 bridgehead atoms. The summed E-state index contributed by atoms with van der Waals surface area (Å²) in [7, 11) is 1.40. The van der Waals surface area contributed by atoms with Crippen LogP contribution in [0.15, 0.2) is 9.59 Å². The lowest BCUT2D eigenvalue weighted by molar-refractivity contribution is -0.156. The zero-order valence-electron chi connectivity index (χ0n) is 15.7. The van der Waals surface area contributed by atoms with E-state index in [1.165, 1.54) is 21.0 Å². The Morgan fingerprint density at radius 3 is 2.62 bits per heavy atom. The van der Waals surface area contributed by atoms with Gasteiger partial charge in [-0.25, -0.2) is 0 Å². The summed E-state index contributed by atoms with van der Waals surface area (Å²) in [4.78, 5) is 53.8. The number of H-pyrrole nitrogens is 1. The second-order valence-electron chi connectivity index (χ2n) is 6.84. The summed E-state index contributed by atoms with van der Waals surface area (Å²) in [5, 5.41) is 0. The van der Waals surface area contributed by atoms with Gasteiger partial charge in [-0.1, -0.05) is 11.3 Å². The van der Waals surface area contributed by atoms with Gasteiger partial charge in [0, 0.05) is 27.4 Å². The Morgan fingerprint density at radius 1 is 1.31 bits per heavy atom. The maximum atomic E-state index is 12.7. The van der Waals surface area contributed by atoms with E-state index in [9.17, 15) is 19.2 Å². The van der Waals surface area contributed by atoms with Crippen molar-refractivity contribution in [2.75, 3.05) is 12.8 Å². The van der Waals surface area contributed by atoms with E-state index in [1.54, 1.807) is 0 Å². The van der Waals surface area contributed by atoms with Gasteiger partial charge in [-0.15, -0.1) is 0 Å². The third-order valence-electron chi connectivity index (χ3n) is 4.90. The second kappa shape index (κ2) is 6.64. The van der Waals surface area contributed by atoms with Gasteiger partial charge in [-0.2, -0.15) is 4.98 Å². The average Bonchev–Trinajstić information content (AvgIpc) is 3.02. The highest BCUT2D eigenvalue weighted by Gasteiger charge is 2.73. The van der Waals surface area contributed by atoms with Gasteiger partial charge in [0.2, 0.25) is 5.95 Å². The molecule has 2 aromatic heterocycles. The molecular formula is C16H18N4O8S. The molecule has 2 fully saturated rings. The predicted molar refractivity (Wildman–Crippen MR) is 98.3 cm³/mol. The van der Waals surface area contributed by atoms with E-state index in [1.807, 2.05) is 0 Å². The van der Waals surface area contributed by atoms with Crippen molar-refractivity contribution in [1.29, 1.82) is 0 Å². The zero-order chi connectivity index (χ0) is 21.1. The van der Waals surface area contributed by atoms with Crippen molar-refractivity contribution in [3.05, 3.63) is 20.0 Å². The van der Waals surface area contributed by atoms with Crippen molar-refractivity contribution < 1.29 is 28.5 Å². The summed E-state index contributed by atoms with van der Waals surface area (Å²) >= 11 is 0.662. The number of aromatic nitrogens is 3. The number of carbonyl (C=O) groups excluding carboxylic acids is 2. The normalized spacial score (nSPS) is 30.6. The molecule has 12 nitrogen and oxygen atoms in total. The van der Waals surface area contributed by atoms with Crippen LogP contribution in [0.5, 0.6) is 0 Å². The van der Waals surface area contributed by atoms with E-state index >= 15 is 0 Å². The molecule has 2 aliphatic rings. The number of nitrogens with two attached hydrogens (primary N) is 1. The van der Waals surface area contributed by atoms with Gasteiger partial charge >= 0.3 is 16.8 Å². The van der Waals surface area contributed by atoms with Crippen LogP contribution in [0.3, 0.4) is 0 Å². The molecule has 3 N–H and O–H groups in total. The zero-order valence-corrected chi connectivity index (χ0v) is 16.5. The molecule has 13 heteroatoms. The van der Waals surface area contributed by atoms with Gasteiger partial charge in [0.25, 0.3) is 5.56 Å². The Labute approximate surface area is 166 Å². The van der Waals surface area contributed by atoms with Crippen molar-refractivity contribution in [2.24, 2.45) is 0 Å². The minimum atomic E-state index is -1.15. The van der Waals surface area contributed by atoms with Crippen molar-refractivity contribution in [1.82, 2.24) is 14.5 Å². The number of nitrogens with one attached hydrogen (secondary N) is 1. The van der Waals surface area contributed by atoms with Gasteiger partial charge in [0.15, 0.2) is 18.0 Å². The Hall–Kier alpha value is -2.77. The number of rotatable bonds is 4. The lowest BCUT2D eigenvalue weighted by atomic mass is 10.1. The minimum absolute atomic E-state index is 0.00000798. The summed E-state index contributed by atoms with van der Waals surface area (Å²) in [6, 6.07) is 0. The summed E-state index contributed by atoms with van der Waals surface area (Å²) in [5.41, 5.74) is 3.96. The highest BCUT2D eigenvalue weighted by atomic mass is 32.1. The van der Waals surface area contributed by atoms with Crippen LogP contribution in [0.1, 0.15) is 26.5 Å². The SMILES string of the molecule is CO[C@@H]1[C@@H](OC(C)=O)[C@H](n2c(=O)sc3c(=O)[nH]c(N)nc32)OC12CC2OC(C)=O.